The van der Waals surface area contributed by atoms with Crippen molar-refractivity contribution in [3.05, 3.63) is 11.6 Å². The Hall–Kier alpha value is -1.12. The van der Waals surface area contributed by atoms with Gasteiger partial charge in [0, 0.05) is 5.92 Å². The highest BCUT2D eigenvalue weighted by Gasteiger charge is 2.64. The van der Waals surface area contributed by atoms with Crippen molar-refractivity contribution in [1.29, 1.82) is 0 Å². The second-order valence-corrected chi connectivity index (χ2v) is 12.6. The van der Waals surface area contributed by atoms with Crippen molar-refractivity contribution in [2.45, 2.75) is 106 Å². The smallest absolute Gasteiger partial charge is 0.306 e. The third-order valence-electron chi connectivity index (χ3n) is 11.2. The number of aliphatic carboxylic acids is 1. The number of ketones is 1. The Morgan fingerprint density at radius 1 is 0.938 bits per heavy atom. The van der Waals surface area contributed by atoms with Crippen LogP contribution in [0.15, 0.2) is 11.6 Å². The first-order valence-corrected chi connectivity index (χ1v) is 13.6. The fourth-order valence-electron chi connectivity index (χ4n) is 9.67. The van der Waals surface area contributed by atoms with E-state index in [4.69, 9.17) is 0 Å². The van der Waals surface area contributed by atoms with E-state index in [0.29, 0.717) is 17.6 Å². The Bertz CT molecular complexity index is 798. The highest BCUT2D eigenvalue weighted by atomic mass is 16.4. The number of hydrogen-bond acceptors (Lipinski definition) is 2. The van der Waals surface area contributed by atoms with Gasteiger partial charge in [0.05, 0.1) is 5.92 Å². The molecule has 4 saturated carbocycles. The molecule has 5 aliphatic rings. The van der Waals surface area contributed by atoms with Crippen LogP contribution in [0.3, 0.4) is 0 Å². The van der Waals surface area contributed by atoms with E-state index in [0.717, 1.165) is 25.2 Å². The minimum absolute atomic E-state index is 0.0565. The zero-order valence-corrected chi connectivity index (χ0v) is 21.4. The lowest BCUT2D eigenvalue weighted by Crippen LogP contribution is -2.60. The van der Waals surface area contributed by atoms with E-state index in [2.05, 4.69) is 33.8 Å². The lowest BCUT2D eigenvalue weighted by atomic mass is 9.39. The van der Waals surface area contributed by atoms with Crippen LogP contribution in [0.2, 0.25) is 0 Å². The van der Waals surface area contributed by atoms with Crippen molar-refractivity contribution >= 4 is 11.8 Å². The molecule has 0 spiro atoms. The largest absolute Gasteiger partial charge is 0.481 e. The summed E-state index contributed by atoms with van der Waals surface area (Å²) in [4.78, 5) is 25.6. The molecule has 0 aromatic carbocycles. The fraction of sp³-hybridized carbons (Fsp3) is 0.862. The van der Waals surface area contributed by atoms with Gasteiger partial charge in [-0.25, -0.2) is 0 Å². The van der Waals surface area contributed by atoms with Crippen LogP contribution in [0.1, 0.15) is 106 Å². The van der Waals surface area contributed by atoms with Crippen LogP contribution in [-0.2, 0) is 9.59 Å². The van der Waals surface area contributed by atoms with E-state index in [-0.39, 0.29) is 34.0 Å². The molecule has 0 heterocycles. The van der Waals surface area contributed by atoms with Crippen LogP contribution in [-0.4, -0.2) is 16.9 Å². The van der Waals surface area contributed by atoms with Crippen molar-refractivity contribution in [2.24, 2.45) is 51.8 Å². The van der Waals surface area contributed by atoms with Crippen molar-refractivity contribution in [1.82, 2.24) is 0 Å². The van der Waals surface area contributed by atoms with Crippen LogP contribution in [0.25, 0.3) is 0 Å². The molecule has 0 amide bonds. The van der Waals surface area contributed by atoms with Crippen molar-refractivity contribution in [3.8, 4) is 0 Å². The van der Waals surface area contributed by atoms with Gasteiger partial charge in [-0.3, -0.25) is 9.59 Å². The normalized spacial score (nSPS) is 49.8. The van der Waals surface area contributed by atoms with Gasteiger partial charge in [-0.1, -0.05) is 60.0 Å². The second-order valence-electron chi connectivity index (χ2n) is 12.6. The topological polar surface area (TPSA) is 54.4 Å². The number of carboxylic acid groups (broad SMARTS) is 1. The average Bonchev–Trinajstić information content (AvgIpc) is 2.73. The highest BCUT2D eigenvalue weighted by molar-refractivity contribution is 5.95. The summed E-state index contributed by atoms with van der Waals surface area (Å²) in [6.45, 7) is 13.7. The molecule has 1 N–H and O–H groups in total. The van der Waals surface area contributed by atoms with Gasteiger partial charge in [-0.05, 0) is 97.4 Å². The first-order valence-electron chi connectivity index (χ1n) is 13.6. The molecule has 5 rings (SSSR count). The first-order chi connectivity index (χ1) is 15.1. The van der Waals surface area contributed by atoms with E-state index < -0.39 is 5.97 Å². The molecule has 0 aromatic rings. The number of hydrogen-bond donors (Lipinski definition) is 1. The van der Waals surface area contributed by atoms with Crippen molar-refractivity contribution in [3.63, 3.8) is 0 Å². The number of carbonyl (C=O) groups is 2. The van der Waals surface area contributed by atoms with Gasteiger partial charge in [0.2, 0.25) is 0 Å². The second kappa shape index (κ2) is 8.27. The number of rotatable bonds is 1. The molecule has 4 fully saturated rings. The van der Waals surface area contributed by atoms with Gasteiger partial charge in [0.1, 0.15) is 0 Å². The van der Waals surface area contributed by atoms with E-state index in [1.54, 1.807) is 0 Å². The Morgan fingerprint density at radius 2 is 1.62 bits per heavy atom. The maximum Gasteiger partial charge on any atom is 0.306 e. The first kappa shape index (κ1) is 24.0. The lowest BCUT2D eigenvalue weighted by Gasteiger charge is -2.65. The predicted molar refractivity (Wildman–Crippen MR) is 129 cm³/mol. The molecule has 180 valence electrons. The quantitative estimate of drug-likeness (QED) is 0.463. The minimum Gasteiger partial charge on any atom is -0.481 e. The van der Waals surface area contributed by atoms with Gasteiger partial charge in [-0.2, -0.15) is 0 Å². The Labute approximate surface area is 195 Å². The molecule has 5 aliphatic carbocycles. The molecule has 0 aromatic heterocycles. The standard InChI is InChI=1S/C27H40O3.C2H6/c1-16-6-5-10-26(3)19(16)9-13-27(4)20-8-12-25(2)11-7-17(24(29)30)14-21(25)18(20)15-22(28)23(26)27;1-2/h15-17,19-21,23H,5-14H2,1-4H3,(H,29,30);1-2H3. The summed E-state index contributed by atoms with van der Waals surface area (Å²) in [6.07, 6.45) is 13.2. The van der Waals surface area contributed by atoms with Gasteiger partial charge >= 0.3 is 5.97 Å². The Balaban J connectivity index is 0.00000119. The summed E-state index contributed by atoms with van der Waals surface area (Å²) in [6, 6.07) is 0. The van der Waals surface area contributed by atoms with Crippen molar-refractivity contribution in [2.75, 3.05) is 0 Å². The number of carboxylic acids is 1. The maximum absolute atomic E-state index is 13.9. The fourth-order valence-corrected chi connectivity index (χ4v) is 9.67. The summed E-state index contributed by atoms with van der Waals surface area (Å²) in [5, 5.41) is 9.70. The Morgan fingerprint density at radius 3 is 2.31 bits per heavy atom. The minimum atomic E-state index is -0.643. The molecule has 3 nitrogen and oxygen atoms in total. The average molecular weight is 443 g/mol. The van der Waals surface area contributed by atoms with E-state index in [9.17, 15) is 14.7 Å². The van der Waals surface area contributed by atoms with Crippen LogP contribution in [0.5, 0.6) is 0 Å². The number of fused-ring (bicyclic) bond motifs is 7. The molecule has 0 saturated heterocycles. The molecule has 32 heavy (non-hydrogen) atoms. The van der Waals surface area contributed by atoms with E-state index >= 15 is 0 Å². The third-order valence-corrected chi connectivity index (χ3v) is 11.2. The Kier molecular flexibility index (Phi) is 6.21. The zero-order chi connectivity index (χ0) is 23.5. The molecule has 0 bridgehead atoms. The van der Waals surface area contributed by atoms with Crippen LogP contribution in [0.4, 0.5) is 0 Å². The van der Waals surface area contributed by atoms with Crippen molar-refractivity contribution < 1.29 is 14.7 Å². The van der Waals surface area contributed by atoms with E-state index in [1.807, 2.05) is 13.8 Å². The van der Waals surface area contributed by atoms with Gasteiger partial charge in [-0.15, -0.1) is 0 Å². The summed E-state index contributed by atoms with van der Waals surface area (Å²) in [7, 11) is 0. The summed E-state index contributed by atoms with van der Waals surface area (Å²) >= 11 is 0. The molecular weight excluding hydrogens is 396 g/mol. The maximum atomic E-state index is 13.9. The molecule has 9 unspecified atom stereocenters. The molecule has 0 radical (unpaired) electrons. The third kappa shape index (κ3) is 3.35. The predicted octanol–water partition coefficient (Wildman–Crippen LogP) is 7.30. The summed E-state index contributed by atoms with van der Waals surface area (Å²) < 4.78 is 0. The zero-order valence-electron chi connectivity index (χ0n) is 21.4. The van der Waals surface area contributed by atoms with Gasteiger partial charge in [0.25, 0.3) is 0 Å². The SMILES string of the molecule is CC.CC1CCCC2(C)C1CCC1(C)C3CCC4(C)CCC(C(=O)O)CC4C3=CC(=O)C12. The number of carbonyl (C=O) groups excluding carboxylic acids is 1. The highest BCUT2D eigenvalue weighted by Crippen LogP contribution is 2.69. The number of allylic oxidation sites excluding steroid dienone is 2. The van der Waals surface area contributed by atoms with Crippen LogP contribution < -0.4 is 0 Å². The molecule has 9 atom stereocenters. The van der Waals surface area contributed by atoms with Crippen LogP contribution >= 0.6 is 0 Å². The molecule has 0 aliphatic heterocycles. The molecular formula is C29H46O3. The van der Waals surface area contributed by atoms with Gasteiger partial charge < -0.3 is 5.11 Å². The molecule has 3 heteroatoms. The van der Waals surface area contributed by atoms with E-state index in [1.165, 1.54) is 50.5 Å². The van der Waals surface area contributed by atoms with Gasteiger partial charge in [0.15, 0.2) is 5.78 Å². The lowest BCUT2D eigenvalue weighted by molar-refractivity contribution is -0.159. The summed E-state index contributed by atoms with van der Waals surface area (Å²) in [5.41, 5.74) is 1.73. The monoisotopic (exact) mass is 442 g/mol. The summed E-state index contributed by atoms with van der Waals surface area (Å²) in [5.74, 6) is 1.82. The van der Waals surface area contributed by atoms with Crippen LogP contribution in [0, 0.1) is 51.8 Å².